The molecule has 0 radical (unpaired) electrons. The maximum absolute atomic E-state index is 12.9. The van der Waals surface area contributed by atoms with E-state index < -0.39 is 6.04 Å². The number of hydrogen-bond acceptors (Lipinski definition) is 5. The number of likely N-dealkylation sites (tertiary alicyclic amines) is 1. The van der Waals surface area contributed by atoms with Crippen molar-refractivity contribution < 1.29 is 9.59 Å². The van der Waals surface area contributed by atoms with E-state index in [1.807, 2.05) is 17.5 Å². The second-order valence-electron chi connectivity index (χ2n) is 7.20. The molecule has 2 aliphatic heterocycles. The van der Waals surface area contributed by atoms with Crippen LogP contribution in [0.25, 0.3) is 0 Å². The summed E-state index contributed by atoms with van der Waals surface area (Å²) in [6.45, 7) is 1.92. The van der Waals surface area contributed by atoms with Gasteiger partial charge in [0.2, 0.25) is 5.91 Å². The van der Waals surface area contributed by atoms with E-state index in [1.165, 1.54) is 17.8 Å². The predicted octanol–water partition coefficient (Wildman–Crippen LogP) is 2.38. The number of hydrogen-bond donors (Lipinski definition) is 1. The molecule has 144 valence electrons. The van der Waals surface area contributed by atoms with Crippen LogP contribution in [-0.2, 0) is 24.3 Å². The van der Waals surface area contributed by atoms with Crippen molar-refractivity contribution >= 4 is 23.2 Å². The molecule has 27 heavy (non-hydrogen) atoms. The van der Waals surface area contributed by atoms with Crippen molar-refractivity contribution in [3.63, 3.8) is 0 Å². The van der Waals surface area contributed by atoms with E-state index >= 15 is 0 Å². The minimum Gasteiger partial charge on any atom is -0.347 e. The lowest BCUT2D eigenvalue weighted by atomic mass is 10.0. The lowest BCUT2D eigenvalue weighted by molar-refractivity contribution is -0.126. The third kappa shape index (κ3) is 3.90. The summed E-state index contributed by atoms with van der Waals surface area (Å²) in [6, 6.07) is 3.29. The van der Waals surface area contributed by atoms with Gasteiger partial charge in [-0.1, -0.05) is 12.5 Å². The van der Waals surface area contributed by atoms with E-state index in [-0.39, 0.29) is 11.8 Å². The Morgan fingerprint density at radius 1 is 1.15 bits per heavy atom. The summed E-state index contributed by atoms with van der Waals surface area (Å²) in [7, 11) is 0. The highest BCUT2D eigenvalue weighted by atomic mass is 32.1. The van der Waals surface area contributed by atoms with Crippen LogP contribution in [-0.4, -0.2) is 44.1 Å². The average molecular weight is 388 g/mol. The molecular formula is C19H25N5O2S. The van der Waals surface area contributed by atoms with E-state index in [2.05, 4.69) is 20.1 Å². The normalized spacial score (nSPS) is 20.0. The molecule has 7 nitrogen and oxygen atoms in total. The van der Waals surface area contributed by atoms with E-state index in [1.54, 1.807) is 4.90 Å². The number of aryl methyl sites for hydroxylation is 1. The van der Waals surface area contributed by atoms with Crippen molar-refractivity contribution in [2.75, 3.05) is 6.54 Å². The number of nitrogens with one attached hydrogen (secondary N) is 1. The number of piperidine rings is 1. The molecule has 0 aromatic carbocycles. The lowest BCUT2D eigenvalue weighted by Gasteiger charge is -2.34. The Morgan fingerprint density at radius 2 is 2.04 bits per heavy atom. The summed E-state index contributed by atoms with van der Waals surface area (Å²) < 4.78 is 2.14. The van der Waals surface area contributed by atoms with Crippen LogP contribution in [0.15, 0.2) is 17.5 Å². The number of fused-ring (bicyclic) bond motifs is 1. The van der Waals surface area contributed by atoms with Gasteiger partial charge in [-0.3, -0.25) is 9.59 Å². The van der Waals surface area contributed by atoms with Crippen LogP contribution in [0.1, 0.15) is 59.8 Å². The first-order valence-electron chi connectivity index (χ1n) is 9.77. The summed E-state index contributed by atoms with van der Waals surface area (Å²) in [5.41, 5.74) is 0. The maximum Gasteiger partial charge on any atom is 0.264 e. The molecule has 4 rings (SSSR count). The quantitative estimate of drug-likeness (QED) is 0.873. The van der Waals surface area contributed by atoms with Crippen molar-refractivity contribution in [2.24, 2.45) is 0 Å². The molecule has 4 heterocycles. The van der Waals surface area contributed by atoms with Crippen LogP contribution in [0, 0.1) is 0 Å². The molecule has 2 amide bonds. The third-order valence-corrected chi connectivity index (χ3v) is 6.26. The first-order chi connectivity index (χ1) is 13.2. The van der Waals surface area contributed by atoms with Crippen molar-refractivity contribution in [1.82, 2.24) is 25.0 Å². The zero-order chi connectivity index (χ0) is 18.6. The van der Waals surface area contributed by atoms with Crippen LogP contribution in [0.3, 0.4) is 0 Å². The molecule has 0 saturated carbocycles. The van der Waals surface area contributed by atoms with Crippen LogP contribution >= 0.6 is 11.3 Å². The molecule has 1 saturated heterocycles. The summed E-state index contributed by atoms with van der Waals surface area (Å²) >= 11 is 1.42. The van der Waals surface area contributed by atoms with Crippen molar-refractivity contribution in [1.29, 1.82) is 0 Å². The number of carbonyl (C=O) groups is 2. The van der Waals surface area contributed by atoms with Gasteiger partial charge in [0.25, 0.3) is 5.91 Å². The Kier molecular flexibility index (Phi) is 5.52. The fourth-order valence-corrected chi connectivity index (χ4v) is 4.63. The summed E-state index contributed by atoms with van der Waals surface area (Å²) in [5.74, 6) is 1.70. The number of amides is 2. The molecule has 0 aliphatic carbocycles. The molecule has 0 bridgehead atoms. The summed E-state index contributed by atoms with van der Waals surface area (Å²) in [4.78, 5) is 28.0. The third-order valence-electron chi connectivity index (χ3n) is 5.41. The van der Waals surface area contributed by atoms with Gasteiger partial charge >= 0.3 is 0 Å². The van der Waals surface area contributed by atoms with Crippen LogP contribution in [0.2, 0.25) is 0 Å². The number of nitrogens with zero attached hydrogens (tertiary/aromatic N) is 4. The molecule has 2 aromatic rings. The van der Waals surface area contributed by atoms with Crippen LogP contribution in [0.4, 0.5) is 0 Å². The van der Waals surface area contributed by atoms with Gasteiger partial charge in [0.05, 0.1) is 11.4 Å². The van der Waals surface area contributed by atoms with Crippen LogP contribution in [0.5, 0.6) is 0 Å². The van der Waals surface area contributed by atoms with Gasteiger partial charge in [-0.25, -0.2) is 0 Å². The Balaban J connectivity index is 1.42. The molecule has 1 N–H and O–H groups in total. The molecule has 0 spiro atoms. The van der Waals surface area contributed by atoms with Gasteiger partial charge in [-0.2, -0.15) is 0 Å². The predicted molar refractivity (Wildman–Crippen MR) is 102 cm³/mol. The van der Waals surface area contributed by atoms with E-state index in [9.17, 15) is 9.59 Å². The zero-order valence-electron chi connectivity index (χ0n) is 15.4. The SMILES string of the molecule is O=C(NCc1nnc2n1CCCCC2)C1CCCCN1C(=O)c1cccs1. The Bertz CT molecular complexity index is 801. The number of carbonyl (C=O) groups excluding carboxylic acids is 2. The zero-order valence-corrected chi connectivity index (χ0v) is 16.2. The standard InChI is InChI=1S/C19H25N5O2S/c25-18(20-13-17-22-21-16-9-2-1-4-11-24(16)17)14-7-3-5-10-23(14)19(26)15-8-6-12-27-15/h6,8,12,14H,1-5,7,9-11,13H2,(H,20,25). The van der Waals surface area contributed by atoms with Gasteiger partial charge in [-0.05, 0) is 43.6 Å². The molecule has 1 unspecified atom stereocenters. The fourth-order valence-electron chi connectivity index (χ4n) is 3.95. The van der Waals surface area contributed by atoms with Crippen LogP contribution < -0.4 is 5.32 Å². The number of aromatic nitrogens is 3. The minimum absolute atomic E-state index is 0.0406. The largest absolute Gasteiger partial charge is 0.347 e. The highest BCUT2D eigenvalue weighted by Crippen LogP contribution is 2.22. The van der Waals surface area contributed by atoms with Gasteiger partial charge < -0.3 is 14.8 Å². The number of rotatable bonds is 4. The van der Waals surface area contributed by atoms with Gasteiger partial charge in [0.15, 0.2) is 5.82 Å². The van der Waals surface area contributed by atoms with E-state index in [0.29, 0.717) is 24.4 Å². The second kappa shape index (κ2) is 8.21. The molecule has 8 heteroatoms. The highest BCUT2D eigenvalue weighted by molar-refractivity contribution is 7.12. The molecule has 1 atom stereocenters. The molecule has 2 aromatic heterocycles. The first-order valence-corrected chi connectivity index (χ1v) is 10.6. The highest BCUT2D eigenvalue weighted by Gasteiger charge is 2.33. The summed E-state index contributed by atoms with van der Waals surface area (Å²) in [6.07, 6.45) is 7.04. The summed E-state index contributed by atoms with van der Waals surface area (Å²) in [5, 5.41) is 13.4. The smallest absolute Gasteiger partial charge is 0.264 e. The van der Waals surface area contributed by atoms with Gasteiger partial charge in [0.1, 0.15) is 11.9 Å². The fraction of sp³-hybridized carbons (Fsp3) is 0.579. The number of thiophene rings is 1. The lowest BCUT2D eigenvalue weighted by Crippen LogP contribution is -2.51. The Morgan fingerprint density at radius 3 is 2.89 bits per heavy atom. The maximum atomic E-state index is 12.9. The Labute approximate surface area is 162 Å². The van der Waals surface area contributed by atoms with Crippen molar-refractivity contribution in [2.45, 2.75) is 64.1 Å². The second-order valence-corrected chi connectivity index (χ2v) is 8.15. The van der Waals surface area contributed by atoms with Gasteiger partial charge in [0, 0.05) is 19.5 Å². The first kappa shape index (κ1) is 18.2. The molecule has 2 aliphatic rings. The van der Waals surface area contributed by atoms with E-state index in [4.69, 9.17) is 0 Å². The van der Waals surface area contributed by atoms with Gasteiger partial charge in [-0.15, -0.1) is 21.5 Å². The van der Waals surface area contributed by atoms with E-state index in [0.717, 1.165) is 50.3 Å². The topological polar surface area (TPSA) is 80.1 Å². The van der Waals surface area contributed by atoms with Crippen molar-refractivity contribution in [3.05, 3.63) is 34.0 Å². The monoisotopic (exact) mass is 387 g/mol. The molecular weight excluding hydrogens is 362 g/mol. The van der Waals surface area contributed by atoms with Crippen molar-refractivity contribution in [3.8, 4) is 0 Å². The molecule has 1 fully saturated rings. The average Bonchev–Trinajstić information content (AvgIpc) is 3.31. The minimum atomic E-state index is -0.403. The Hall–Kier alpha value is -2.22.